The van der Waals surface area contributed by atoms with Crippen molar-refractivity contribution >= 4 is 37.5 Å². The molecule has 1 aromatic rings. The van der Waals surface area contributed by atoms with E-state index in [-0.39, 0.29) is 34.8 Å². The Morgan fingerprint density at radius 2 is 2.26 bits per heavy atom. The molecule has 8 heteroatoms. The highest BCUT2D eigenvalue weighted by Gasteiger charge is 2.33. The Bertz CT molecular complexity index is 618. The third-order valence-electron chi connectivity index (χ3n) is 3.19. The van der Waals surface area contributed by atoms with Crippen LogP contribution < -0.4 is 5.73 Å². The molecule has 2 N–H and O–H groups in total. The molecule has 0 radical (unpaired) electrons. The normalized spacial score (nSPS) is 21.3. The molecular formula is C11H14BrN3O3S. The zero-order chi connectivity index (χ0) is 14.2. The Morgan fingerprint density at radius 3 is 2.84 bits per heavy atom. The summed E-state index contributed by atoms with van der Waals surface area (Å²) in [6, 6.07) is 1.29. The summed E-state index contributed by atoms with van der Waals surface area (Å²) in [6.45, 7) is 0. The van der Waals surface area contributed by atoms with E-state index in [0.29, 0.717) is 10.9 Å². The number of anilines is 1. The molecule has 1 fully saturated rings. The fourth-order valence-electron chi connectivity index (χ4n) is 2.06. The highest BCUT2D eigenvalue weighted by Crippen LogP contribution is 2.21. The lowest BCUT2D eigenvalue weighted by atomic mass is 10.2. The summed E-state index contributed by atoms with van der Waals surface area (Å²) in [6.07, 6.45) is 1.97. The van der Waals surface area contributed by atoms with Gasteiger partial charge in [-0.1, -0.05) is 0 Å². The topological polar surface area (TPSA) is 93.4 Å². The fraction of sp³-hybridized carbons (Fsp3) is 0.455. The molecule has 2 rings (SSSR count). The quantitative estimate of drug-likeness (QED) is 0.849. The lowest BCUT2D eigenvalue weighted by Gasteiger charge is -2.23. The highest BCUT2D eigenvalue weighted by atomic mass is 79.9. The number of carbonyl (C=O) groups is 1. The van der Waals surface area contributed by atoms with Crippen LogP contribution in [0.25, 0.3) is 0 Å². The van der Waals surface area contributed by atoms with Crippen molar-refractivity contribution in [3.8, 4) is 0 Å². The maximum absolute atomic E-state index is 12.3. The van der Waals surface area contributed by atoms with Crippen LogP contribution in [0.2, 0.25) is 0 Å². The highest BCUT2D eigenvalue weighted by molar-refractivity contribution is 9.10. The van der Waals surface area contributed by atoms with Crippen molar-refractivity contribution in [2.45, 2.75) is 12.5 Å². The van der Waals surface area contributed by atoms with E-state index >= 15 is 0 Å². The smallest absolute Gasteiger partial charge is 0.257 e. The zero-order valence-corrected chi connectivity index (χ0v) is 12.7. The van der Waals surface area contributed by atoms with Crippen molar-refractivity contribution < 1.29 is 13.2 Å². The van der Waals surface area contributed by atoms with Crippen LogP contribution in [0.15, 0.2) is 16.7 Å². The number of pyridine rings is 1. The van der Waals surface area contributed by atoms with E-state index in [1.54, 1.807) is 13.1 Å². The maximum atomic E-state index is 12.3. The average Bonchev–Trinajstić information content (AvgIpc) is 2.71. The summed E-state index contributed by atoms with van der Waals surface area (Å²) in [5.41, 5.74) is 5.96. The first-order valence-electron chi connectivity index (χ1n) is 5.69. The molecule has 1 unspecified atom stereocenters. The largest absolute Gasteiger partial charge is 0.383 e. The molecule has 0 spiro atoms. The van der Waals surface area contributed by atoms with E-state index in [4.69, 9.17) is 5.73 Å². The summed E-state index contributed by atoms with van der Waals surface area (Å²) in [5, 5.41) is 0. The number of hydrogen-bond acceptors (Lipinski definition) is 5. The van der Waals surface area contributed by atoms with Gasteiger partial charge in [-0.15, -0.1) is 0 Å². The lowest BCUT2D eigenvalue weighted by molar-refractivity contribution is 0.0748. The molecular weight excluding hydrogens is 334 g/mol. The van der Waals surface area contributed by atoms with Gasteiger partial charge in [0.2, 0.25) is 0 Å². The van der Waals surface area contributed by atoms with Crippen LogP contribution in [0.1, 0.15) is 16.8 Å². The molecule has 6 nitrogen and oxygen atoms in total. The monoisotopic (exact) mass is 347 g/mol. The molecule has 1 saturated heterocycles. The number of halogens is 1. The van der Waals surface area contributed by atoms with E-state index in [9.17, 15) is 13.2 Å². The third-order valence-corrected chi connectivity index (χ3v) is 5.38. The average molecular weight is 348 g/mol. The van der Waals surface area contributed by atoms with Crippen LogP contribution >= 0.6 is 15.9 Å². The van der Waals surface area contributed by atoms with Crippen molar-refractivity contribution in [2.75, 3.05) is 24.3 Å². The van der Waals surface area contributed by atoms with Crippen LogP contribution in [0.4, 0.5) is 5.82 Å². The Hall–Kier alpha value is -1.15. The van der Waals surface area contributed by atoms with Gasteiger partial charge < -0.3 is 10.6 Å². The molecule has 0 bridgehead atoms. The minimum absolute atomic E-state index is 0.0105. The van der Waals surface area contributed by atoms with Crippen LogP contribution in [0.3, 0.4) is 0 Å². The second-order valence-corrected chi connectivity index (χ2v) is 7.70. The Morgan fingerprint density at radius 1 is 1.58 bits per heavy atom. The molecule has 1 aromatic heterocycles. The van der Waals surface area contributed by atoms with Gasteiger partial charge in [-0.05, 0) is 28.4 Å². The number of hydrogen-bond donors (Lipinski definition) is 1. The van der Waals surface area contributed by atoms with E-state index in [2.05, 4.69) is 20.9 Å². The summed E-state index contributed by atoms with van der Waals surface area (Å²) >= 11 is 3.23. The van der Waals surface area contributed by atoms with Crippen LogP contribution in [-0.2, 0) is 9.84 Å². The lowest BCUT2D eigenvalue weighted by Crippen LogP contribution is -2.38. The predicted octanol–water partition coefficient (Wildman–Crippen LogP) is 0.685. The number of rotatable bonds is 2. The second kappa shape index (κ2) is 5.09. The van der Waals surface area contributed by atoms with Gasteiger partial charge in [0.25, 0.3) is 5.91 Å². The molecule has 2 heterocycles. The maximum Gasteiger partial charge on any atom is 0.257 e. The van der Waals surface area contributed by atoms with Gasteiger partial charge >= 0.3 is 0 Å². The molecule has 1 amide bonds. The zero-order valence-electron chi connectivity index (χ0n) is 10.3. The van der Waals surface area contributed by atoms with Gasteiger partial charge in [0.15, 0.2) is 9.84 Å². The summed E-state index contributed by atoms with van der Waals surface area (Å²) in [4.78, 5) is 17.6. The number of nitrogens with zero attached hydrogens (tertiary/aromatic N) is 2. The molecule has 1 aliphatic heterocycles. The van der Waals surface area contributed by atoms with E-state index in [0.717, 1.165) is 0 Å². The van der Waals surface area contributed by atoms with Crippen LogP contribution in [0, 0.1) is 0 Å². The minimum Gasteiger partial charge on any atom is -0.383 e. The van der Waals surface area contributed by atoms with Gasteiger partial charge in [-0.3, -0.25) is 4.79 Å². The van der Waals surface area contributed by atoms with Crippen molar-refractivity contribution in [3.63, 3.8) is 0 Å². The summed E-state index contributed by atoms with van der Waals surface area (Å²) in [7, 11) is -1.43. The Labute approximate surface area is 120 Å². The van der Waals surface area contributed by atoms with Crippen molar-refractivity contribution in [3.05, 3.63) is 22.3 Å². The van der Waals surface area contributed by atoms with E-state index in [1.165, 1.54) is 11.1 Å². The van der Waals surface area contributed by atoms with E-state index in [1.807, 2.05) is 0 Å². The molecule has 0 saturated carbocycles. The SMILES string of the molecule is CN(C(=O)c1cc(Br)cnc1N)C1CCS(=O)(=O)C1. The third kappa shape index (κ3) is 3.06. The first kappa shape index (κ1) is 14.3. The van der Waals surface area contributed by atoms with Gasteiger partial charge in [0, 0.05) is 23.8 Å². The summed E-state index contributed by atoms with van der Waals surface area (Å²) < 4.78 is 23.5. The summed E-state index contributed by atoms with van der Waals surface area (Å²) in [5.74, 6) is -0.0350. The number of nitrogens with two attached hydrogens (primary N) is 1. The minimum atomic E-state index is -3.02. The van der Waals surface area contributed by atoms with Crippen molar-refractivity contribution in [1.82, 2.24) is 9.88 Å². The van der Waals surface area contributed by atoms with Crippen molar-refractivity contribution in [2.24, 2.45) is 0 Å². The van der Waals surface area contributed by atoms with Crippen LogP contribution in [-0.4, -0.2) is 48.8 Å². The Balaban J connectivity index is 2.22. The number of amides is 1. The second-order valence-electron chi connectivity index (χ2n) is 4.56. The number of nitrogen functional groups attached to an aromatic ring is 1. The first-order chi connectivity index (χ1) is 8.80. The molecule has 1 atom stereocenters. The van der Waals surface area contributed by atoms with Gasteiger partial charge in [-0.2, -0.15) is 0 Å². The standard InChI is InChI=1S/C11H14BrN3O3S/c1-15(8-2-3-19(17,18)6-8)11(16)9-4-7(12)5-14-10(9)13/h4-5,8H,2-3,6H2,1H3,(H2,13,14). The Kier molecular flexibility index (Phi) is 3.82. The number of aromatic nitrogens is 1. The van der Waals surface area contributed by atoms with Gasteiger partial charge in [-0.25, -0.2) is 13.4 Å². The van der Waals surface area contributed by atoms with Gasteiger partial charge in [0.1, 0.15) is 5.82 Å². The molecule has 0 aromatic carbocycles. The molecule has 0 aliphatic carbocycles. The van der Waals surface area contributed by atoms with Crippen molar-refractivity contribution in [1.29, 1.82) is 0 Å². The molecule has 1 aliphatic rings. The molecule has 19 heavy (non-hydrogen) atoms. The van der Waals surface area contributed by atoms with Crippen LogP contribution in [0.5, 0.6) is 0 Å². The van der Waals surface area contributed by atoms with E-state index < -0.39 is 9.84 Å². The number of carbonyl (C=O) groups excluding carboxylic acids is 1. The number of sulfone groups is 1. The first-order valence-corrected chi connectivity index (χ1v) is 8.30. The predicted molar refractivity (Wildman–Crippen MR) is 75.5 cm³/mol. The van der Waals surface area contributed by atoms with Gasteiger partial charge in [0.05, 0.1) is 17.1 Å². The fourth-order valence-corrected chi connectivity index (χ4v) is 4.16. The molecule has 104 valence electrons.